The number of aromatic nitrogens is 1. The van der Waals surface area contributed by atoms with Crippen molar-refractivity contribution >= 4 is 23.6 Å². The van der Waals surface area contributed by atoms with Crippen LogP contribution in [0.2, 0.25) is 0 Å². The lowest BCUT2D eigenvalue weighted by Crippen LogP contribution is -2.28. The average Bonchev–Trinajstić information content (AvgIpc) is 2.28. The Morgan fingerprint density at radius 1 is 1.39 bits per heavy atom. The molecule has 98 valence electrons. The maximum atomic E-state index is 11.7. The molecule has 1 aromatic rings. The topological polar surface area (TPSA) is 70.5 Å². The van der Waals surface area contributed by atoms with Crippen molar-refractivity contribution < 1.29 is 14.7 Å². The van der Waals surface area contributed by atoms with Gasteiger partial charge < -0.3 is 10.0 Å². The number of rotatable bonds is 6. The lowest BCUT2D eigenvalue weighted by molar-refractivity contribution is -0.133. The third-order valence-corrected chi connectivity index (χ3v) is 3.12. The number of pyridine rings is 1. The minimum Gasteiger partial charge on any atom is -0.481 e. The fraction of sp³-hybridized carbons (Fsp3) is 0.417. The SMILES string of the molecule is Cc1cccc(CN(C)C(=O)CSCC(=O)O)n1. The lowest BCUT2D eigenvalue weighted by atomic mass is 10.3. The van der Waals surface area contributed by atoms with Crippen LogP contribution in [-0.4, -0.2) is 45.4 Å². The molecule has 6 heteroatoms. The highest BCUT2D eigenvalue weighted by atomic mass is 32.2. The van der Waals surface area contributed by atoms with Crippen LogP contribution in [0.3, 0.4) is 0 Å². The van der Waals surface area contributed by atoms with E-state index in [0.29, 0.717) is 6.54 Å². The molecule has 18 heavy (non-hydrogen) atoms. The molecule has 1 rings (SSSR count). The summed E-state index contributed by atoms with van der Waals surface area (Å²) in [4.78, 5) is 27.9. The average molecular weight is 268 g/mol. The number of hydrogen-bond donors (Lipinski definition) is 1. The van der Waals surface area contributed by atoms with E-state index in [2.05, 4.69) is 4.98 Å². The van der Waals surface area contributed by atoms with E-state index in [1.54, 1.807) is 11.9 Å². The van der Waals surface area contributed by atoms with E-state index in [1.807, 2.05) is 25.1 Å². The number of aryl methyl sites for hydroxylation is 1. The number of aliphatic carboxylic acids is 1. The number of hydrogen-bond acceptors (Lipinski definition) is 4. The Kier molecular flexibility index (Phi) is 5.64. The molecular weight excluding hydrogens is 252 g/mol. The summed E-state index contributed by atoms with van der Waals surface area (Å²) in [5, 5.41) is 8.47. The van der Waals surface area contributed by atoms with Gasteiger partial charge in [-0.25, -0.2) is 0 Å². The summed E-state index contributed by atoms with van der Waals surface area (Å²) in [7, 11) is 1.69. The molecule has 0 aliphatic heterocycles. The van der Waals surface area contributed by atoms with Gasteiger partial charge in [0, 0.05) is 12.7 Å². The smallest absolute Gasteiger partial charge is 0.313 e. The van der Waals surface area contributed by atoms with Crippen LogP contribution in [0.25, 0.3) is 0 Å². The molecular formula is C12H16N2O3S. The predicted molar refractivity (Wildman–Crippen MR) is 70.4 cm³/mol. The Morgan fingerprint density at radius 3 is 2.72 bits per heavy atom. The Balaban J connectivity index is 2.42. The minimum atomic E-state index is -0.907. The summed E-state index contributed by atoms with van der Waals surface area (Å²) >= 11 is 1.10. The van der Waals surface area contributed by atoms with Gasteiger partial charge in [-0.05, 0) is 19.1 Å². The maximum Gasteiger partial charge on any atom is 0.313 e. The molecule has 1 aromatic heterocycles. The number of amides is 1. The Labute approximate surface area is 110 Å². The number of carbonyl (C=O) groups is 2. The molecule has 0 radical (unpaired) electrons. The zero-order chi connectivity index (χ0) is 13.5. The van der Waals surface area contributed by atoms with E-state index >= 15 is 0 Å². The fourth-order valence-corrected chi connectivity index (χ4v) is 2.03. The van der Waals surface area contributed by atoms with Gasteiger partial charge in [0.1, 0.15) is 0 Å². The fourth-order valence-electron chi connectivity index (χ4n) is 1.35. The molecule has 0 saturated carbocycles. The quantitative estimate of drug-likeness (QED) is 0.838. The number of carboxylic acid groups (broad SMARTS) is 1. The van der Waals surface area contributed by atoms with Gasteiger partial charge in [0.15, 0.2) is 0 Å². The maximum absolute atomic E-state index is 11.7. The van der Waals surface area contributed by atoms with Crippen molar-refractivity contribution in [3.63, 3.8) is 0 Å². The van der Waals surface area contributed by atoms with Crippen molar-refractivity contribution in [1.29, 1.82) is 0 Å². The number of thioether (sulfide) groups is 1. The summed E-state index contributed by atoms with van der Waals surface area (Å²) in [6, 6.07) is 5.66. The second-order valence-electron chi connectivity index (χ2n) is 3.91. The van der Waals surface area contributed by atoms with Gasteiger partial charge in [-0.3, -0.25) is 14.6 Å². The Hall–Kier alpha value is -1.56. The van der Waals surface area contributed by atoms with Gasteiger partial charge in [-0.15, -0.1) is 11.8 Å². The Bertz CT molecular complexity index is 437. The van der Waals surface area contributed by atoms with E-state index in [-0.39, 0.29) is 17.4 Å². The molecule has 5 nitrogen and oxygen atoms in total. The van der Waals surface area contributed by atoms with Crippen molar-refractivity contribution in [2.24, 2.45) is 0 Å². The first kappa shape index (κ1) is 14.5. The van der Waals surface area contributed by atoms with Crippen LogP contribution in [0.4, 0.5) is 0 Å². The molecule has 0 aromatic carbocycles. The molecule has 0 aliphatic rings. The van der Waals surface area contributed by atoms with E-state index < -0.39 is 5.97 Å². The van der Waals surface area contributed by atoms with Gasteiger partial charge in [-0.1, -0.05) is 6.07 Å². The monoisotopic (exact) mass is 268 g/mol. The lowest BCUT2D eigenvalue weighted by Gasteiger charge is -2.16. The van der Waals surface area contributed by atoms with Crippen molar-refractivity contribution in [3.8, 4) is 0 Å². The summed E-state index contributed by atoms with van der Waals surface area (Å²) in [6.45, 7) is 2.34. The number of nitrogens with zero attached hydrogens (tertiary/aromatic N) is 2. The van der Waals surface area contributed by atoms with Crippen LogP contribution in [0, 0.1) is 6.92 Å². The molecule has 0 atom stereocenters. The van der Waals surface area contributed by atoms with Gasteiger partial charge in [0.25, 0.3) is 0 Å². The van der Waals surface area contributed by atoms with E-state index in [4.69, 9.17) is 5.11 Å². The van der Waals surface area contributed by atoms with Gasteiger partial charge in [-0.2, -0.15) is 0 Å². The van der Waals surface area contributed by atoms with E-state index in [9.17, 15) is 9.59 Å². The molecule has 1 amide bonds. The van der Waals surface area contributed by atoms with Crippen LogP contribution in [0.15, 0.2) is 18.2 Å². The molecule has 1 heterocycles. The van der Waals surface area contributed by atoms with Crippen LogP contribution >= 0.6 is 11.8 Å². The first-order valence-corrected chi connectivity index (χ1v) is 6.60. The molecule has 0 spiro atoms. The first-order chi connectivity index (χ1) is 8.49. The number of carboxylic acids is 1. The standard InChI is InChI=1S/C12H16N2O3S/c1-9-4-3-5-10(13-9)6-14(2)11(15)7-18-8-12(16)17/h3-5H,6-8H2,1-2H3,(H,16,17). The summed E-state index contributed by atoms with van der Waals surface area (Å²) in [6.07, 6.45) is 0. The molecule has 0 unspecified atom stereocenters. The van der Waals surface area contributed by atoms with Crippen molar-refractivity contribution in [2.45, 2.75) is 13.5 Å². The van der Waals surface area contributed by atoms with Crippen molar-refractivity contribution in [1.82, 2.24) is 9.88 Å². The molecule has 1 N–H and O–H groups in total. The Morgan fingerprint density at radius 2 is 2.11 bits per heavy atom. The molecule has 0 aliphatic carbocycles. The van der Waals surface area contributed by atoms with Crippen molar-refractivity contribution in [2.75, 3.05) is 18.6 Å². The molecule has 0 fully saturated rings. The third kappa shape index (κ3) is 5.18. The van der Waals surface area contributed by atoms with Crippen LogP contribution in [-0.2, 0) is 16.1 Å². The highest BCUT2D eigenvalue weighted by Crippen LogP contribution is 2.05. The zero-order valence-electron chi connectivity index (χ0n) is 10.4. The van der Waals surface area contributed by atoms with Crippen LogP contribution in [0.5, 0.6) is 0 Å². The van der Waals surface area contributed by atoms with Gasteiger partial charge in [0.2, 0.25) is 5.91 Å². The van der Waals surface area contributed by atoms with Crippen LogP contribution < -0.4 is 0 Å². The molecule has 0 saturated heterocycles. The highest BCUT2D eigenvalue weighted by molar-refractivity contribution is 8.00. The van der Waals surface area contributed by atoms with Crippen LogP contribution in [0.1, 0.15) is 11.4 Å². The minimum absolute atomic E-state index is 0.0533. The second-order valence-corrected chi connectivity index (χ2v) is 4.89. The van der Waals surface area contributed by atoms with Gasteiger partial charge >= 0.3 is 5.97 Å². The van der Waals surface area contributed by atoms with E-state index in [0.717, 1.165) is 23.1 Å². The summed E-state index contributed by atoms with van der Waals surface area (Å²) in [5.74, 6) is -0.878. The van der Waals surface area contributed by atoms with E-state index in [1.165, 1.54) is 0 Å². The second kappa shape index (κ2) is 7.00. The van der Waals surface area contributed by atoms with Gasteiger partial charge in [0.05, 0.1) is 23.7 Å². The largest absolute Gasteiger partial charge is 0.481 e. The summed E-state index contributed by atoms with van der Waals surface area (Å²) in [5.41, 5.74) is 1.74. The third-order valence-electron chi connectivity index (χ3n) is 2.22. The number of carbonyl (C=O) groups excluding carboxylic acids is 1. The van der Waals surface area contributed by atoms with Crippen molar-refractivity contribution in [3.05, 3.63) is 29.6 Å². The summed E-state index contributed by atoms with van der Waals surface area (Å²) < 4.78 is 0. The zero-order valence-corrected chi connectivity index (χ0v) is 11.2. The highest BCUT2D eigenvalue weighted by Gasteiger charge is 2.10. The normalized spacial score (nSPS) is 10.1. The predicted octanol–water partition coefficient (Wildman–Crippen LogP) is 1.17. The first-order valence-electron chi connectivity index (χ1n) is 5.45. The molecule has 0 bridgehead atoms.